The summed E-state index contributed by atoms with van der Waals surface area (Å²) in [4.78, 5) is 0. The van der Waals surface area contributed by atoms with Gasteiger partial charge in [-0.05, 0) is 6.92 Å². The first-order chi connectivity index (χ1) is 1.41. The van der Waals surface area contributed by atoms with Crippen LogP contribution in [0.25, 0.3) is 0 Å². The Labute approximate surface area is 51.8 Å². The zero-order valence-corrected chi connectivity index (χ0v) is 7.02. The number of halogens is 1. The predicted molar refractivity (Wildman–Crippen MR) is 14.5 cm³/mol. The minimum atomic E-state index is 0. The van der Waals surface area contributed by atoms with Crippen molar-refractivity contribution in [3.8, 4) is 0 Å². The van der Waals surface area contributed by atoms with Crippen LogP contribution in [0.4, 0.5) is 0 Å². The van der Waals surface area contributed by atoms with Gasteiger partial charge in [-0.3, -0.25) is 0 Å². The molecule has 0 fully saturated rings. The van der Waals surface area contributed by atoms with Crippen molar-refractivity contribution in [3.63, 3.8) is 0 Å². The predicted octanol–water partition coefficient (Wildman–Crippen LogP) is -2.00. The molecule has 0 nitrogen and oxygen atoms in total. The van der Waals surface area contributed by atoms with Gasteiger partial charge in [0.15, 0.2) is 0 Å². The van der Waals surface area contributed by atoms with E-state index in [2.05, 4.69) is 12.7 Å². The minimum Gasteiger partial charge on any atom is -1.00 e. The molecule has 0 aliphatic carbocycles. The fourth-order valence-corrected chi connectivity index (χ4v) is 0. The molecule has 0 aromatic rings. The quantitative estimate of drug-likeness (QED) is 0.343. The molecule has 0 heterocycles. The summed E-state index contributed by atoms with van der Waals surface area (Å²) >= 11 is 0. The smallest absolute Gasteiger partial charge is 0 e. The Morgan fingerprint density at radius 1 is 1.60 bits per heavy atom. The summed E-state index contributed by atoms with van der Waals surface area (Å²) in [6.07, 6.45) is 2.50. The fraction of sp³-hybridized carbons (Fsp3) is 0.333. The number of hydrogen-bond acceptors (Lipinski definition) is 0. The molecular weight excluding hydrogens is 137 g/mol. The summed E-state index contributed by atoms with van der Waals surface area (Å²) in [7, 11) is 0. The third-order valence-electron chi connectivity index (χ3n) is 0. The van der Waals surface area contributed by atoms with E-state index in [0.717, 1.165) is 0 Å². The first-order valence-corrected chi connectivity index (χ1v) is 0.854. The van der Waals surface area contributed by atoms with Gasteiger partial charge in [0, 0.05) is 19.5 Å². The molecule has 0 amide bonds. The molecule has 0 aromatic carbocycles. The van der Waals surface area contributed by atoms with Crippen LogP contribution in [0.2, 0.25) is 0 Å². The van der Waals surface area contributed by atoms with Gasteiger partial charge in [0.25, 0.3) is 0 Å². The van der Waals surface area contributed by atoms with Crippen LogP contribution >= 0.6 is 0 Å². The van der Waals surface area contributed by atoms with Crippen LogP contribution in [0.5, 0.6) is 0 Å². The molecule has 0 unspecified atom stereocenters. The molecule has 0 bridgehead atoms. The average Bonchev–Trinajstić information content (AvgIpc) is 0.918. The minimum absolute atomic E-state index is 0. The number of allylic oxidation sites excluding steroid dienone is 1. The van der Waals surface area contributed by atoms with Crippen molar-refractivity contribution < 1.29 is 31.9 Å². The van der Waals surface area contributed by atoms with E-state index in [0.29, 0.717) is 0 Å². The van der Waals surface area contributed by atoms with E-state index in [1.54, 1.807) is 6.92 Å². The Kier molecular flexibility index (Phi) is 79.0. The zero-order valence-electron chi connectivity index (χ0n) is 3.29. The number of hydrogen-bond donors (Lipinski definition) is 0. The second kappa shape index (κ2) is 22.7. The molecular formula is C3H5ClZn-. The van der Waals surface area contributed by atoms with Gasteiger partial charge in [-0.1, -0.05) is 12.7 Å². The summed E-state index contributed by atoms with van der Waals surface area (Å²) in [6.45, 7) is 5.00. The Morgan fingerprint density at radius 3 is 1.60 bits per heavy atom. The van der Waals surface area contributed by atoms with Crippen molar-refractivity contribution >= 4 is 0 Å². The Hall–Kier alpha value is 0.653. The first kappa shape index (κ1) is 17.4. The normalized spacial score (nSPS) is 2.60. The van der Waals surface area contributed by atoms with Crippen LogP contribution in [0.1, 0.15) is 6.92 Å². The summed E-state index contributed by atoms with van der Waals surface area (Å²) in [5, 5.41) is 0. The second-order valence-corrected chi connectivity index (χ2v) is 0.354. The largest absolute Gasteiger partial charge is 1.00 e. The second-order valence-electron chi connectivity index (χ2n) is 0.354. The molecule has 5 heavy (non-hydrogen) atoms. The maximum absolute atomic E-state index is 3.24. The van der Waals surface area contributed by atoms with Crippen LogP contribution in [0, 0.1) is 6.08 Å². The average molecular weight is 142 g/mol. The molecule has 0 aliphatic heterocycles. The molecule has 2 heteroatoms. The molecule has 0 aromatic heterocycles. The molecule has 1 radical (unpaired) electrons. The molecule has 0 atom stereocenters. The number of rotatable bonds is 0. The maximum atomic E-state index is 3.24. The molecule has 27 valence electrons. The van der Waals surface area contributed by atoms with Crippen molar-refractivity contribution in [1.29, 1.82) is 0 Å². The summed E-state index contributed by atoms with van der Waals surface area (Å²) in [6, 6.07) is 0. The van der Waals surface area contributed by atoms with Crippen LogP contribution in [-0.2, 0) is 19.5 Å². The SMILES string of the molecule is C=[C]C.[Cl-].[Zn]. The van der Waals surface area contributed by atoms with Crippen molar-refractivity contribution in [2.45, 2.75) is 6.92 Å². The van der Waals surface area contributed by atoms with Gasteiger partial charge >= 0.3 is 0 Å². The van der Waals surface area contributed by atoms with Gasteiger partial charge in [0.05, 0.1) is 0 Å². The van der Waals surface area contributed by atoms with Crippen molar-refractivity contribution in [1.82, 2.24) is 0 Å². The standard InChI is InChI=1S/C3H5.ClH.Zn/c1-3-2;;/h1H2,2H3;1H;/p-1. The van der Waals surface area contributed by atoms with Crippen LogP contribution in [0.15, 0.2) is 6.58 Å². The molecule has 0 aliphatic rings. The van der Waals surface area contributed by atoms with Crippen molar-refractivity contribution in [2.24, 2.45) is 0 Å². The van der Waals surface area contributed by atoms with E-state index in [1.807, 2.05) is 0 Å². The Bertz CT molecular complexity index is 14.4. The third kappa shape index (κ3) is 76.7. The van der Waals surface area contributed by atoms with Crippen LogP contribution in [-0.4, -0.2) is 0 Å². The monoisotopic (exact) mass is 140 g/mol. The van der Waals surface area contributed by atoms with Crippen LogP contribution < -0.4 is 12.4 Å². The van der Waals surface area contributed by atoms with E-state index in [9.17, 15) is 0 Å². The van der Waals surface area contributed by atoms with Gasteiger partial charge < -0.3 is 12.4 Å². The maximum Gasteiger partial charge on any atom is 0 e. The molecule has 0 spiro atoms. The van der Waals surface area contributed by atoms with E-state index in [-0.39, 0.29) is 31.9 Å². The molecule has 0 rings (SSSR count). The fourth-order valence-electron chi connectivity index (χ4n) is 0. The Balaban J connectivity index is -0.0000000200. The van der Waals surface area contributed by atoms with Gasteiger partial charge in [0.2, 0.25) is 0 Å². The third-order valence-corrected chi connectivity index (χ3v) is 0. The van der Waals surface area contributed by atoms with Crippen molar-refractivity contribution in [2.75, 3.05) is 0 Å². The molecule has 0 saturated carbocycles. The van der Waals surface area contributed by atoms with Crippen LogP contribution in [0.3, 0.4) is 0 Å². The van der Waals surface area contributed by atoms with E-state index >= 15 is 0 Å². The summed E-state index contributed by atoms with van der Waals surface area (Å²) < 4.78 is 0. The van der Waals surface area contributed by atoms with Gasteiger partial charge in [-0.15, -0.1) is 0 Å². The zero-order chi connectivity index (χ0) is 2.71. The van der Waals surface area contributed by atoms with Gasteiger partial charge in [0.1, 0.15) is 0 Å². The van der Waals surface area contributed by atoms with Gasteiger partial charge in [-0.2, -0.15) is 0 Å². The van der Waals surface area contributed by atoms with E-state index < -0.39 is 0 Å². The van der Waals surface area contributed by atoms with Gasteiger partial charge in [-0.25, -0.2) is 0 Å². The molecule has 0 N–H and O–H groups in total. The topological polar surface area (TPSA) is 0 Å². The van der Waals surface area contributed by atoms with Crippen molar-refractivity contribution in [3.05, 3.63) is 12.7 Å². The van der Waals surface area contributed by atoms with E-state index in [1.165, 1.54) is 0 Å². The molecule has 0 saturated heterocycles. The summed E-state index contributed by atoms with van der Waals surface area (Å²) in [5.74, 6) is 0. The van der Waals surface area contributed by atoms with E-state index in [4.69, 9.17) is 0 Å². The Morgan fingerprint density at radius 2 is 1.60 bits per heavy atom. The first-order valence-electron chi connectivity index (χ1n) is 0.854. The summed E-state index contributed by atoms with van der Waals surface area (Å²) in [5.41, 5.74) is 0.